The van der Waals surface area contributed by atoms with Gasteiger partial charge < -0.3 is 5.11 Å². The average Bonchev–Trinajstić information content (AvgIpc) is 2.17. The largest absolute Gasteiger partial charge is 0.478 e. The minimum absolute atomic E-state index is 0.119. The fourth-order valence-corrected chi connectivity index (χ4v) is 2.11. The van der Waals surface area contributed by atoms with E-state index in [-0.39, 0.29) is 10.0 Å². The highest BCUT2D eigenvalue weighted by Crippen LogP contribution is 2.24. The number of rotatable bonds is 3. The van der Waals surface area contributed by atoms with Crippen molar-refractivity contribution in [3.05, 3.63) is 28.2 Å². The molecule has 0 aromatic heterocycles. The summed E-state index contributed by atoms with van der Waals surface area (Å²) < 4.78 is 46.6. The quantitative estimate of drug-likeness (QED) is 0.928. The summed E-state index contributed by atoms with van der Waals surface area (Å²) in [6.07, 6.45) is 0. The fraction of sp³-hybridized carbons (Fsp3) is 0.125. The third-order valence-electron chi connectivity index (χ3n) is 1.73. The summed E-state index contributed by atoms with van der Waals surface area (Å²) >= 11 is 2.87. The van der Waals surface area contributed by atoms with Crippen LogP contribution in [0.5, 0.6) is 0 Å². The van der Waals surface area contributed by atoms with Crippen LogP contribution in [0.15, 0.2) is 27.6 Å². The zero-order valence-electron chi connectivity index (χ0n) is 7.52. The van der Waals surface area contributed by atoms with E-state index in [1.165, 1.54) is 0 Å². The summed E-state index contributed by atoms with van der Waals surface area (Å²) in [5, 5.41) is 8.68. The minimum atomic E-state index is -4.77. The first-order valence-electron chi connectivity index (χ1n) is 3.81. The molecule has 88 valence electrons. The second-order valence-corrected chi connectivity index (χ2v) is 5.52. The zero-order chi connectivity index (χ0) is 12.5. The third kappa shape index (κ3) is 2.38. The number of hydrogen-bond donors (Lipinski definition) is 1. The van der Waals surface area contributed by atoms with Gasteiger partial charge in [0.25, 0.3) is 0 Å². The van der Waals surface area contributed by atoms with Gasteiger partial charge >= 0.3 is 11.7 Å². The van der Waals surface area contributed by atoms with Crippen molar-refractivity contribution in [1.82, 2.24) is 0 Å². The number of benzene rings is 1. The highest BCUT2D eigenvalue weighted by molar-refractivity contribution is 9.10. The average molecular weight is 315 g/mol. The molecule has 1 aromatic rings. The molecule has 0 fully saturated rings. The summed E-state index contributed by atoms with van der Waals surface area (Å²) in [4.78, 5) is 9.94. The van der Waals surface area contributed by atoms with E-state index < -0.39 is 26.5 Å². The Morgan fingerprint density at radius 1 is 1.38 bits per heavy atom. The van der Waals surface area contributed by atoms with Crippen LogP contribution in [0.25, 0.3) is 0 Å². The smallest absolute Gasteiger partial charge is 0.341 e. The lowest BCUT2D eigenvalue weighted by molar-refractivity contribution is 0.0695. The van der Waals surface area contributed by atoms with Gasteiger partial charge in [0.2, 0.25) is 9.84 Å². The molecule has 1 aromatic carbocycles. The summed E-state index contributed by atoms with van der Waals surface area (Å²) in [5.74, 6) is -4.98. The molecule has 0 spiro atoms. The Bertz CT molecular complexity index is 527. The van der Waals surface area contributed by atoms with E-state index in [0.717, 1.165) is 12.1 Å². The maximum absolute atomic E-state index is 12.2. The van der Waals surface area contributed by atoms with Crippen molar-refractivity contribution in [2.75, 3.05) is 0 Å². The van der Waals surface area contributed by atoms with Crippen molar-refractivity contribution < 1.29 is 27.1 Å². The molecule has 16 heavy (non-hydrogen) atoms. The van der Waals surface area contributed by atoms with Gasteiger partial charge in [-0.05, 0) is 34.1 Å². The first-order valence-corrected chi connectivity index (χ1v) is 6.15. The predicted molar refractivity (Wildman–Crippen MR) is 54.3 cm³/mol. The molecule has 0 bridgehead atoms. The highest BCUT2D eigenvalue weighted by Gasteiger charge is 2.27. The Labute approximate surface area is 97.9 Å². The fourth-order valence-electron chi connectivity index (χ4n) is 0.948. The van der Waals surface area contributed by atoms with E-state index >= 15 is 0 Å². The number of carboxylic acid groups (broad SMARTS) is 1. The van der Waals surface area contributed by atoms with Crippen LogP contribution in [-0.2, 0) is 9.84 Å². The Hall–Kier alpha value is -1.02. The van der Waals surface area contributed by atoms with Gasteiger partial charge in [0, 0.05) is 4.47 Å². The third-order valence-corrected chi connectivity index (χ3v) is 3.80. The molecule has 0 atom stereocenters. The Balaban J connectivity index is 3.40. The van der Waals surface area contributed by atoms with Gasteiger partial charge in [-0.1, -0.05) is 0 Å². The summed E-state index contributed by atoms with van der Waals surface area (Å²) in [7, 11) is -4.77. The maximum atomic E-state index is 12.2. The monoisotopic (exact) mass is 314 g/mol. The molecule has 0 amide bonds. The van der Waals surface area contributed by atoms with Crippen LogP contribution in [0.2, 0.25) is 0 Å². The number of aromatic carboxylic acids is 1. The second-order valence-electron chi connectivity index (χ2n) is 2.75. The van der Waals surface area contributed by atoms with Crippen molar-refractivity contribution in [3.63, 3.8) is 0 Å². The van der Waals surface area contributed by atoms with Crippen molar-refractivity contribution in [1.29, 1.82) is 0 Å². The number of hydrogen-bond acceptors (Lipinski definition) is 3. The molecule has 0 radical (unpaired) electrons. The lowest BCUT2D eigenvalue weighted by Crippen LogP contribution is -2.12. The first-order chi connectivity index (χ1) is 7.26. The van der Waals surface area contributed by atoms with Gasteiger partial charge in [-0.15, -0.1) is 0 Å². The van der Waals surface area contributed by atoms with Crippen LogP contribution in [0.3, 0.4) is 0 Å². The number of carboxylic acids is 1. The molecule has 0 heterocycles. The lowest BCUT2D eigenvalue weighted by Gasteiger charge is -2.05. The van der Waals surface area contributed by atoms with Crippen molar-refractivity contribution in [3.8, 4) is 0 Å². The van der Waals surface area contributed by atoms with Gasteiger partial charge in [0.05, 0.1) is 10.5 Å². The molecular formula is C8H5BrF2O4S. The van der Waals surface area contributed by atoms with Crippen LogP contribution in [0, 0.1) is 0 Å². The van der Waals surface area contributed by atoms with Crippen LogP contribution < -0.4 is 0 Å². The van der Waals surface area contributed by atoms with Gasteiger partial charge in [0.1, 0.15) is 0 Å². The number of carbonyl (C=O) groups is 1. The van der Waals surface area contributed by atoms with Gasteiger partial charge in [0.15, 0.2) is 0 Å². The lowest BCUT2D eigenvalue weighted by atomic mass is 10.2. The van der Waals surface area contributed by atoms with E-state index in [0.29, 0.717) is 6.07 Å². The van der Waals surface area contributed by atoms with Crippen molar-refractivity contribution in [2.24, 2.45) is 0 Å². The SMILES string of the molecule is O=C(O)c1cc(S(=O)(=O)C(F)F)ccc1Br. The molecule has 0 unspecified atom stereocenters. The van der Waals surface area contributed by atoms with E-state index in [9.17, 15) is 22.0 Å². The minimum Gasteiger partial charge on any atom is -0.478 e. The Kier molecular flexibility index (Phi) is 3.64. The molecule has 0 aliphatic heterocycles. The van der Waals surface area contributed by atoms with Crippen LogP contribution in [0.1, 0.15) is 10.4 Å². The highest BCUT2D eigenvalue weighted by atomic mass is 79.9. The Morgan fingerprint density at radius 3 is 2.38 bits per heavy atom. The normalized spacial score (nSPS) is 11.8. The summed E-state index contributed by atoms with van der Waals surface area (Å²) in [6, 6.07) is 2.70. The molecule has 1 rings (SSSR count). The standard InChI is InChI=1S/C8H5BrF2O4S/c9-6-2-1-4(3-5(6)7(12)13)16(14,15)8(10)11/h1-3,8H,(H,12,13). The molecule has 0 saturated carbocycles. The Morgan fingerprint density at radius 2 is 1.94 bits per heavy atom. The topological polar surface area (TPSA) is 71.4 Å². The summed E-state index contributed by atoms with van der Waals surface area (Å²) in [6.45, 7) is 0. The van der Waals surface area contributed by atoms with Gasteiger partial charge in [-0.2, -0.15) is 8.78 Å². The molecule has 0 aliphatic carbocycles. The van der Waals surface area contributed by atoms with E-state index in [4.69, 9.17) is 5.11 Å². The predicted octanol–water partition coefficient (Wildman–Crippen LogP) is 2.14. The summed E-state index contributed by atoms with van der Waals surface area (Å²) in [5.41, 5.74) is -0.387. The number of alkyl halides is 2. The van der Waals surface area contributed by atoms with E-state index in [1.54, 1.807) is 0 Å². The maximum Gasteiger partial charge on any atom is 0.341 e. The van der Waals surface area contributed by atoms with Crippen LogP contribution in [0.4, 0.5) is 8.78 Å². The molecule has 1 N–H and O–H groups in total. The van der Waals surface area contributed by atoms with Crippen molar-refractivity contribution in [2.45, 2.75) is 10.7 Å². The van der Waals surface area contributed by atoms with Crippen LogP contribution in [-0.4, -0.2) is 25.3 Å². The zero-order valence-corrected chi connectivity index (χ0v) is 9.93. The molecule has 0 saturated heterocycles. The first kappa shape index (κ1) is 13.0. The van der Waals surface area contributed by atoms with Gasteiger partial charge in [-0.3, -0.25) is 0 Å². The molecule has 0 aliphatic rings. The van der Waals surface area contributed by atoms with E-state index in [2.05, 4.69) is 15.9 Å². The van der Waals surface area contributed by atoms with Crippen molar-refractivity contribution >= 4 is 31.7 Å². The second kappa shape index (κ2) is 4.46. The number of halogens is 3. The molecule has 4 nitrogen and oxygen atoms in total. The molecular weight excluding hydrogens is 310 g/mol. The van der Waals surface area contributed by atoms with E-state index in [1.807, 2.05) is 0 Å². The van der Waals surface area contributed by atoms with Gasteiger partial charge in [-0.25, -0.2) is 13.2 Å². The number of sulfone groups is 1. The van der Waals surface area contributed by atoms with Crippen LogP contribution >= 0.6 is 15.9 Å². The molecule has 8 heteroatoms.